The van der Waals surface area contributed by atoms with Crippen LogP contribution in [0.5, 0.6) is 0 Å². The second-order valence-electron chi connectivity index (χ2n) is 6.36. The molecule has 9 nitrogen and oxygen atoms in total. The van der Waals surface area contributed by atoms with Gasteiger partial charge in [0.05, 0.1) is 19.3 Å². The predicted molar refractivity (Wildman–Crippen MR) is 105 cm³/mol. The highest BCUT2D eigenvalue weighted by atomic mass is 16.6. The maximum absolute atomic E-state index is 12.4. The number of hydrogen-bond acceptors (Lipinski definition) is 6. The molecule has 1 fully saturated rings. The summed E-state index contributed by atoms with van der Waals surface area (Å²) in [7, 11) is 1.29. The fraction of sp³-hybridized carbons (Fsp3) is 0.400. The highest BCUT2D eigenvalue weighted by Gasteiger charge is 2.24. The van der Waals surface area contributed by atoms with Gasteiger partial charge in [0.25, 0.3) is 5.91 Å². The van der Waals surface area contributed by atoms with Crippen LogP contribution in [-0.4, -0.2) is 73.6 Å². The molecular weight excluding hydrogens is 378 g/mol. The van der Waals surface area contributed by atoms with Gasteiger partial charge in [0.2, 0.25) is 5.91 Å². The number of carbonyl (C=O) groups excluding carboxylic acids is 4. The second-order valence-corrected chi connectivity index (χ2v) is 6.36. The van der Waals surface area contributed by atoms with Crippen LogP contribution in [0.3, 0.4) is 0 Å². The van der Waals surface area contributed by atoms with Crippen LogP contribution in [-0.2, 0) is 19.1 Å². The van der Waals surface area contributed by atoms with Crippen molar-refractivity contribution >= 4 is 29.6 Å². The van der Waals surface area contributed by atoms with Gasteiger partial charge in [-0.15, -0.1) is 0 Å². The molecule has 1 aromatic rings. The Morgan fingerprint density at radius 2 is 1.62 bits per heavy atom. The maximum Gasteiger partial charge on any atom is 0.409 e. The van der Waals surface area contributed by atoms with Gasteiger partial charge in [0.1, 0.15) is 0 Å². The first-order valence-corrected chi connectivity index (χ1v) is 9.24. The molecule has 0 atom stereocenters. The van der Waals surface area contributed by atoms with E-state index in [0.29, 0.717) is 44.0 Å². The van der Waals surface area contributed by atoms with Crippen molar-refractivity contribution in [2.45, 2.75) is 13.8 Å². The molecule has 0 radical (unpaired) electrons. The molecule has 29 heavy (non-hydrogen) atoms. The third-order valence-corrected chi connectivity index (χ3v) is 4.38. The van der Waals surface area contributed by atoms with Gasteiger partial charge in [-0.25, -0.2) is 9.59 Å². The zero-order valence-corrected chi connectivity index (χ0v) is 16.8. The zero-order valence-electron chi connectivity index (χ0n) is 16.8. The van der Waals surface area contributed by atoms with Gasteiger partial charge >= 0.3 is 12.1 Å². The second kappa shape index (κ2) is 10.3. The molecule has 0 unspecified atom stereocenters. The van der Waals surface area contributed by atoms with E-state index in [1.54, 1.807) is 35.8 Å². The fourth-order valence-electron chi connectivity index (χ4n) is 2.70. The van der Waals surface area contributed by atoms with E-state index < -0.39 is 11.9 Å². The van der Waals surface area contributed by atoms with E-state index in [4.69, 9.17) is 4.74 Å². The van der Waals surface area contributed by atoms with Crippen molar-refractivity contribution in [3.05, 3.63) is 41.5 Å². The number of nitrogens with one attached hydrogen (secondary N) is 1. The number of methoxy groups -OCH3 is 1. The monoisotopic (exact) mass is 403 g/mol. The standard InChI is InChI=1S/C20H25N3O6/c1-4-29-20(27)23-11-9-22(10-12-23)17(24)13-14(2)18(25)21-16-7-5-15(6-8-16)19(26)28-3/h5-8,13H,4,9-12H2,1-3H3,(H,21,25)/b14-13+. The molecule has 0 aliphatic carbocycles. The van der Waals surface area contributed by atoms with Crippen molar-refractivity contribution in [2.75, 3.05) is 45.2 Å². The molecule has 9 heteroatoms. The minimum absolute atomic E-state index is 0.250. The molecule has 1 heterocycles. The lowest BCUT2D eigenvalue weighted by atomic mass is 10.2. The Morgan fingerprint density at radius 3 is 2.17 bits per heavy atom. The number of rotatable bonds is 5. The average Bonchev–Trinajstić information content (AvgIpc) is 2.73. The van der Waals surface area contributed by atoms with Crippen LogP contribution in [0.1, 0.15) is 24.2 Å². The number of amides is 3. The number of carbonyl (C=O) groups is 4. The van der Waals surface area contributed by atoms with Crippen LogP contribution in [0, 0.1) is 0 Å². The molecular formula is C20H25N3O6. The summed E-state index contributed by atoms with van der Waals surface area (Å²) in [6, 6.07) is 6.23. The highest BCUT2D eigenvalue weighted by molar-refractivity contribution is 6.07. The summed E-state index contributed by atoms with van der Waals surface area (Å²) < 4.78 is 9.57. The van der Waals surface area contributed by atoms with Gasteiger partial charge in [0, 0.05) is 43.5 Å². The fourth-order valence-corrected chi connectivity index (χ4v) is 2.70. The Morgan fingerprint density at radius 1 is 1.03 bits per heavy atom. The topological polar surface area (TPSA) is 105 Å². The van der Waals surface area contributed by atoms with Crippen LogP contribution >= 0.6 is 0 Å². The Balaban J connectivity index is 1.89. The van der Waals surface area contributed by atoms with Crippen LogP contribution in [0.4, 0.5) is 10.5 Å². The molecule has 3 amide bonds. The normalized spacial score (nSPS) is 14.2. The lowest BCUT2D eigenvalue weighted by Gasteiger charge is -2.33. The summed E-state index contributed by atoms with van der Waals surface area (Å²) in [5.41, 5.74) is 1.11. The predicted octanol–water partition coefficient (Wildman–Crippen LogP) is 1.66. The van der Waals surface area contributed by atoms with E-state index in [9.17, 15) is 19.2 Å². The van der Waals surface area contributed by atoms with Gasteiger partial charge in [-0.1, -0.05) is 0 Å². The lowest BCUT2D eigenvalue weighted by Crippen LogP contribution is -2.50. The van der Waals surface area contributed by atoms with Crippen LogP contribution < -0.4 is 5.32 Å². The number of piperazine rings is 1. The van der Waals surface area contributed by atoms with E-state index in [0.717, 1.165) is 0 Å². The minimum Gasteiger partial charge on any atom is -0.465 e. The summed E-state index contributed by atoms with van der Waals surface area (Å²) in [5.74, 6) is -1.18. The minimum atomic E-state index is -0.465. The van der Waals surface area contributed by atoms with Gasteiger partial charge < -0.3 is 24.6 Å². The molecule has 1 aromatic carbocycles. The average molecular weight is 403 g/mol. The van der Waals surface area contributed by atoms with Crippen molar-refractivity contribution in [2.24, 2.45) is 0 Å². The van der Waals surface area contributed by atoms with Crippen molar-refractivity contribution < 1.29 is 28.7 Å². The Kier molecular flexibility index (Phi) is 7.76. The van der Waals surface area contributed by atoms with Crippen molar-refractivity contribution in [3.8, 4) is 0 Å². The first-order chi connectivity index (χ1) is 13.8. The highest BCUT2D eigenvalue weighted by Crippen LogP contribution is 2.12. The summed E-state index contributed by atoms with van der Waals surface area (Å²) in [4.78, 5) is 51.0. The molecule has 1 N–H and O–H groups in total. The van der Waals surface area contributed by atoms with Gasteiger partial charge in [-0.2, -0.15) is 0 Å². The van der Waals surface area contributed by atoms with Crippen molar-refractivity contribution in [1.82, 2.24) is 9.80 Å². The molecule has 2 rings (SSSR count). The molecule has 0 saturated carbocycles. The first-order valence-electron chi connectivity index (χ1n) is 9.24. The zero-order chi connectivity index (χ0) is 21.4. The van der Waals surface area contributed by atoms with E-state index in [1.165, 1.54) is 25.3 Å². The Labute approximate surface area is 169 Å². The third-order valence-electron chi connectivity index (χ3n) is 4.38. The Hall–Kier alpha value is -3.36. The van der Waals surface area contributed by atoms with E-state index in [2.05, 4.69) is 10.1 Å². The largest absolute Gasteiger partial charge is 0.465 e. The SMILES string of the molecule is CCOC(=O)N1CCN(C(=O)/C=C(\C)C(=O)Nc2ccc(C(=O)OC)cc2)CC1. The Bertz CT molecular complexity index is 795. The molecule has 0 spiro atoms. The van der Waals surface area contributed by atoms with Gasteiger partial charge in [-0.3, -0.25) is 9.59 Å². The van der Waals surface area contributed by atoms with E-state index in [-0.39, 0.29) is 17.6 Å². The molecule has 156 valence electrons. The summed E-state index contributed by atoms with van der Waals surface area (Å²) in [6.45, 7) is 5.11. The molecule has 1 aliphatic heterocycles. The third kappa shape index (κ3) is 6.06. The molecule has 1 saturated heterocycles. The number of anilines is 1. The quantitative estimate of drug-likeness (QED) is 0.592. The number of ether oxygens (including phenoxy) is 2. The number of hydrogen-bond donors (Lipinski definition) is 1. The number of esters is 1. The maximum atomic E-state index is 12.4. The summed E-state index contributed by atoms with van der Waals surface area (Å²) >= 11 is 0. The molecule has 0 aromatic heterocycles. The lowest BCUT2D eigenvalue weighted by molar-refractivity contribution is -0.128. The number of benzene rings is 1. The van der Waals surface area contributed by atoms with Gasteiger partial charge in [0.15, 0.2) is 0 Å². The first kappa shape index (κ1) is 21.9. The van der Waals surface area contributed by atoms with Crippen LogP contribution in [0.2, 0.25) is 0 Å². The molecule has 0 bridgehead atoms. The number of nitrogens with zero attached hydrogens (tertiary/aromatic N) is 2. The molecule has 1 aliphatic rings. The summed E-state index contributed by atoms with van der Waals surface area (Å²) in [6.07, 6.45) is 0.891. The van der Waals surface area contributed by atoms with Crippen molar-refractivity contribution in [1.29, 1.82) is 0 Å². The van der Waals surface area contributed by atoms with Crippen LogP contribution in [0.25, 0.3) is 0 Å². The van der Waals surface area contributed by atoms with E-state index >= 15 is 0 Å². The van der Waals surface area contributed by atoms with Gasteiger partial charge in [-0.05, 0) is 38.1 Å². The van der Waals surface area contributed by atoms with Crippen molar-refractivity contribution in [3.63, 3.8) is 0 Å². The van der Waals surface area contributed by atoms with E-state index in [1.807, 2.05) is 0 Å². The van der Waals surface area contributed by atoms with Crippen LogP contribution in [0.15, 0.2) is 35.9 Å². The smallest absolute Gasteiger partial charge is 0.409 e. The summed E-state index contributed by atoms with van der Waals surface area (Å²) in [5, 5.41) is 2.67.